The van der Waals surface area contributed by atoms with Gasteiger partial charge in [-0.3, -0.25) is 14.4 Å². The molecule has 0 radical (unpaired) electrons. The molecule has 4 rings (SSSR count). The van der Waals surface area contributed by atoms with Gasteiger partial charge in [-0.25, -0.2) is 0 Å². The number of benzene rings is 4. The van der Waals surface area contributed by atoms with Crippen LogP contribution in [0.3, 0.4) is 0 Å². The molecule has 0 aliphatic carbocycles. The Morgan fingerprint density at radius 2 is 1.50 bits per heavy atom. The summed E-state index contributed by atoms with van der Waals surface area (Å²) in [5, 5.41) is 9.10. The molecule has 0 aliphatic heterocycles. The maximum Gasteiger partial charge on any atom is 0.272 e. The van der Waals surface area contributed by atoms with Crippen molar-refractivity contribution >= 4 is 86.1 Å². The Bertz CT molecular complexity index is 1560. The Morgan fingerprint density at radius 3 is 2.20 bits per heavy atom. The third-order valence-corrected chi connectivity index (χ3v) is 7.62. The van der Waals surface area contributed by atoms with Crippen molar-refractivity contribution in [3.05, 3.63) is 128 Å². The van der Waals surface area contributed by atoms with Gasteiger partial charge in [0.15, 0.2) is 0 Å². The monoisotopic (exact) mass is 653 g/mol. The second-order valence-corrected chi connectivity index (χ2v) is 11.2. The number of halogens is 3. The molecule has 0 atom stereocenters. The zero-order valence-electron chi connectivity index (χ0n) is 20.8. The SMILES string of the molecule is O=C(CSc1ccc(NC(=O)/C(=C/c2cccc(Br)c2)NC(=O)c2ccccc2)cc1)Nc1ccc(Cl)c(Cl)c1. The third-order valence-electron chi connectivity index (χ3n) is 5.37. The van der Waals surface area contributed by atoms with E-state index in [9.17, 15) is 14.4 Å². The first kappa shape index (κ1) is 29.4. The lowest BCUT2D eigenvalue weighted by molar-refractivity contribution is -0.114. The van der Waals surface area contributed by atoms with Crippen LogP contribution in [0.15, 0.2) is 112 Å². The number of rotatable bonds is 9. The quantitative estimate of drug-likeness (QED) is 0.127. The molecular formula is C30H22BrCl2N3O3S. The van der Waals surface area contributed by atoms with Crippen molar-refractivity contribution in [2.24, 2.45) is 0 Å². The largest absolute Gasteiger partial charge is 0.325 e. The van der Waals surface area contributed by atoms with Gasteiger partial charge in [-0.05, 0) is 78.4 Å². The van der Waals surface area contributed by atoms with Crippen LogP contribution in [0.5, 0.6) is 0 Å². The number of carbonyl (C=O) groups is 3. The van der Waals surface area contributed by atoms with Gasteiger partial charge in [-0.15, -0.1) is 11.8 Å². The van der Waals surface area contributed by atoms with Crippen LogP contribution in [0.25, 0.3) is 6.08 Å². The number of thioether (sulfide) groups is 1. The summed E-state index contributed by atoms with van der Waals surface area (Å²) in [4.78, 5) is 39.2. The Balaban J connectivity index is 1.40. The smallest absolute Gasteiger partial charge is 0.272 e. The van der Waals surface area contributed by atoms with Gasteiger partial charge in [-0.1, -0.05) is 69.5 Å². The first-order valence-corrected chi connectivity index (χ1v) is 14.4. The average molecular weight is 655 g/mol. The van der Waals surface area contributed by atoms with E-state index < -0.39 is 11.8 Å². The van der Waals surface area contributed by atoms with Crippen LogP contribution in [0.4, 0.5) is 11.4 Å². The number of hydrogen-bond donors (Lipinski definition) is 3. The molecule has 4 aromatic rings. The fourth-order valence-corrected chi connectivity index (χ4v) is 4.87. The van der Waals surface area contributed by atoms with Crippen LogP contribution in [0, 0.1) is 0 Å². The van der Waals surface area contributed by atoms with E-state index in [-0.39, 0.29) is 17.4 Å². The molecule has 10 heteroatoms. The molecule has 4 aromatic carbocycles. The van der Waals surface area contributed by atoms with Gasteiger partial charge in [-0.2, -0.15) is 0 Å². The second kappa shape index (κ2) is 14.2. The molecule has 0 saturated carbocycles. The van der Waals surface area contributed by atoms with Crippen molar-refractivity contribution in [3.63, 3.8) is 0 Å². The van der Waals surface area contributed by atoms with E-state index in [1.54, 1.807) is 72.8 Å². The normalized spacial score (nSPS) is 11.0. The van der Waals surface area contributed by atoms with Crippen molar-refractivity contribution in [3.8, 4) is 0 Å². The van der Waals surface area contributed by atoms with Crippen molar-refractivity contribution < 1.29 is 14.4 Å². The summed E-state index contributed by atoms with van der Waals surface area (Å²) < 4.78 is 0.842. The standard InChI is InChI=1S/C30H22BrCl2N3O3S/c31-21-8-4-5-19(15-21)16-27(36-29(38)20-6-2-1-3-7-20)30(39)35-22-9-12-24(13-10-22)40-18-28(37)34-23-11-14-25(32)26(33)17-23/h1-17H,18H2,(H,34,37)(H,35,39)(H,36,38)/b27-16-. The zero-order chi connectivity index (χ0) is 28.5. The highest BCUT2D eigenvalue weighted by molar-refractivity contribution is 9.10. The maximum atomic E-state index is 13.2. The number of nitrogens with one attached hydrogen (secondary N) is 3. The minimum absolute atomic E-state index is 0.0874. The molecule has 0 aromatic heterocycles. The number of hydrogen-bond acceptors (Lipinski definition) is 4. The maximum absolute atomic E-state index is 13.2. The lowest BCUT2D eigenvalue weighted by atomic mass is 10.1. The summed E-state index contributed by atoms with van der Waals surface area (Å²) in [7, 11) is 0. The van der Waals surface area contributed by atoms with E-state index >= 15 is 0 Å². The number of carbonyl (C=O) groups excluding carboxylic acids is 3. The first-order valence-electron chi connectivity index (χ1n) is 11.9. The van der Waals surface area contributed by atoms with E-state index in [0.29, 0.717) is 27.0 Å². The Labute approximate surface area is 254 Å². The average Bonchev–Trinajstić information content (AvgIpc) is 2.95. The molecule has 40 heavy (non-hydrogen) atoms. The van der Waals surface area contributed by atoms with Gasteiger partial charge >= 0.3 is 0 Å². The Hall–Kier alpha value is -3.56. The van der Waals surface area contributed by atoms with Gasteiger partial charge in [0.05, 0.1) is 15.8 Å². The number of anilines is 2. The summed E-state index contributed by atoms with van der Waals surface area (Å²) in [5.41, 5.74) is 2.34. The van der Waals surface area contributed by atoms with E-state index in [1.807, 2.05) is 30.3 Å². The van der Waals surface area contributed by atoms with Crippen LogP contribution in [0.2, 0.25) is 10.0 Å². The van der Waals surface area contributed by atoms with E-state index in [4.69, 9.17) is 23.2 Å². The second-order valence-electron chi connectivity index (χ2n) is 8.38. The van der Waals surface area contributed by atoms with Gasteiger partial charge in [0, 0.05) is 26.3 Å². The topological polar surface area (TPSA) is 87.3 Å². The molecular weight excluding hydrogens is 633 g/mol. The van der Waals surface area contributed by atoms with Gasteiger partial charge < -0.3 is 16.0 Å². The summed E-state index contributed by atoms with van der Waals surface area (Å²) in [6, 6.07) is 28.0. The van der Waals surface area contributed by atoms with Crippen LogP contribution in [-0.2, 0) is 9.59 Å². The number of amides is 3. The van der Waals surface area contributed by atoms with E-state index in [0.717, 1.165) is 14.9 Å². The van der Waals surface area contributed by atoms with E-state index in [1.165, 1.54) is 11.8 Å². The van der Waals surface area contributed by atoms with Gasteiger partial charge in [0.25, 0.3) is 11.8 Å². The van der Waals surface area contributed by atoms with E-state index in [2.05, 4.69) is 31.9 Å². The lowest BCUT2D eigenvalue weighted by Gasteiger charge is -2.12. The molecule has 202 valence electrons. The van der Waals surface area contributed by atoms with Crippen LogP contribution in [0.1, 0.15) is 15.9 Å². The minimum Gasteiger partial charge on any atom is -0.325 e. The summed E-state index contributed by atoms with van der Waals surface area (Å²) in [6.07, 6.45) is 1.61. The highest BCUT2D eigenvalue weighted by Crippen LogP contribution is 2.26. The zero-order valence-corrected chi connectivity index (χ0v) is 24.7. The highest BCUT2D eigenvalue weighted by atomic mass is 79.9. The molecule has 3 amide bonds. The summed E-state index contributed by atoms with van der Waals surface area (Å²) >= 11 is 16.7. The molecule has 0 spiro atoms. The molecule has 0 aliphatic rings. The van der Waals surface area contributed by atoms with Crippen LogP contribution >= 0.6 is 50.9 Å². The molecule has 0 fully saturated rings. The third kappa shape index (κ3) is 8.72. The molecule has 0 bridgehead atoms. The fourth-order valence-electron chi connectivity index (χ4n) is 3.46. The predicted octanol–water partition coefficient (Wildman–Crippen LogP) is 7.90. The summed E-state index contributed by atoms with van der Waals surface area (Å²) in [6.45, 7) is 0. The molecule has 0 heterocycles. The predicted molar refractivity (Wildman–Crippen MR) is 167 cm³/mol. The molecule has 0 unspecified atom stereocenters. The van der Waals surface area contributed by atoms with Gasteiger partial charge in [0.1, 0.15) is 5.70 Å². The van der Waals surface area contributed by atoms with Crippen molar-refractivity contribution in [2.45, 2.75) is 4.90 Å². The fraction of sp³-hybridized carbons (Fsp3) is 0.0333. The Morgan fingerprint density at radius 1 is 0.775 bits per heavy atom. The van der Waals surface area contributed by atoms with Crippen molar-refractivity contribution in [2.75, 3.05) is 16.4 Å². The van der Waals surface area contributed by atoms with Crippen molar-refractivity contribution in [1.82, 2.24) is 5.32 Å². The summed E-state index contributed by atoms with van der Waals surface area (Å²) in [5.74, 6) is -0.900. The lowest BCUT2D eigenvalue weighted by Crippen LogP contribution is -2.30. The Kier molecular flexibility index (Phi) is 10.4. The molecule has 6 nitrogen and oxygen atoms in total. The minimum atomic E-state index is -0.481. The van der Waals surface area contributed by atoms with Crippen LogP contribution in [-0.4, -0.2) is 23.5 Å². The molecule has 0 saturated heterocycles. The highest BCUT2D eigenvalue weighted by Gasteiger charge is 2.15. The molecule has 3 N–H and O–H groups in total. The van der Waals surface area contributed by atoms with Crippen molar-refractivity contribution in [1.29, 1.82) is 0 Å². The van der Waals surface area contributed by atoms with Crippen LogP contribution < -0.4 is 16.0 Å². The first-order chi connectivity index (χ1) is 19.3. The van der Waals surface area contributed by atoms with Gasteiger partial charge in [0.2, 0.25) is 5.91 Å².